The Morgan fingerprint density at radius 1 is 1.62 bits per heavy atom. The topological polar surface area (TPSA) is 4.93 Å². The van der Waals surface area contributed by atoms with Crippen molar-refractivity contribution in [2.45, 2.75) is 20.3 Å². The highest BCUT2D eigenvalue weighted by molar-refractivity contribution is 5.70. The van der Waals surface area contributed by atoms with Gasteiger partial charge in [-0.05, 0) is 31.1 Å². The minimum Gasteiger partial charge on any atom is -0.351 e. The molecule has 0 atom stereocenters. The summed E-state index contributed by atoms with van der Waals surface area (Å²) in [6.07, 6.45) is 7.46. The van der Waals surface area contributed by atoms with Gasteiger partial charge in [0, 0.05) is 24.5 Å². The molecule has 0 bridgehead atoms. The van der Waals surface area contributed by atoms with E-state index in [1.165, 1.54) is 11.3 Å². The third-order valence-electron chi connectivity index (χ3n) is 2.09. The molecule has 0 saturated carbocycles. The fourth-order valence-corrected chi connectivity index (χ4v) is 1.34. The molecule has 0 aliphatic carbocycles. The highest BCUT2D eigenvalue weighted by Gasteiger charge is 2.03. The van der Waals surface area contributed by atoms with Crippen molar-refractivity contribution in [2.75, 3.05) is 0 Å². The van der Waals surface area contributed by atoms with Crippen LogP contribution in [0.4, 0.5) is 0 Å². The minimum atomic E-state index is 1.07. The van der Waals surface area contributed by atoms with Gasteiger partial charge in [-0.3, -0.25) is 0 Å². The van der Waals surface area contributed by atoms with E-state index < -0.39 is 0 Å². The van der Waals surface area contributed by atoms with E-state index in [4.69, 9.17) is 0 Å². The van der Waals surface area contributed by atoms with Gasteiger partial charge in [-0.25, -0.2) is 0 Å². The molecule has 0 radical (unpaired) electrons. The zero-order valence-electron chi connectivity index (χ0n) is 8.67. The summed E-state index contributed by atoms with van der Waals surface area (Å²) in [6, 6.07) is 2.11. The Morgan fingerprint density at radius 2 is 2.31 bits per heavy atom. The summed E-state index contributed by atoms with van der Waals surface area (Å²) < 4.78 is 2.12. The SMILES string of the molecule is C=C(C)c1ccn(C)c1/C=C\CC. The fraction of sp³-hybridized carbons (Fsp3) is 0.333. The minimum absolute atomic E-state index is 1.07. The first kappa shape index (κ1) is 9.85. The number of hydrogen-bond donors (Lipinski definition) is 0. The van der Waals surface area contributed by atoms with Crippen LogP contribution in [-0.4, -0.2) is 4.57 Å². The average Bonchev–Trinajstić information content (AvgIpc) is 2.43. The van der Waals surface area contributed by atoms with Gasteiger partial charge in [0.25, 0.3) is 0 Å². The second-order valence-electron chi connectivity index (χ2n) is 3.32. The molecule has 1 rings (SSSR count). The highest BCUT2D eigenvalue weighted by atomic mass is 14.9. The highest BCUT2D eigenvalue weighted by Crippen LogP contribution is 2.19. The van der Waals surface area contributed by atoms with Gasteiger partial charge in [-0.15, -0.1) is 0 Å². The van der Waals surface area contributed by atoms with Crippen LogP contribution in [0.2, 0.25) is 0 Å². The Balaban J connectivity index is 3.08. The molecular weight excluding hydrogens is 158 g/mol. The van der Waals surface area contributed by atoms with Gasteiger partial charge in [-0.2, -0.15) is 0 Å². The summed E-state index contributed by atoms with van der Waals surface area (Å²) in [4.78, 5) is 0. The maximum Gasteiger partial charge on any atom is 0.0476 e. The Labute approximate surface area is 80.4 Å². The quantitative estimate of drug-likeness (QED) is 0.662. The zero-order valence-corrected chi connectivity index (χ0v) is 8.67. The maximum absolute atomic E-state index is 3.96. The Bertz CT molecular complexity index is 329. The molecule has 1 heteroatoms. The summed E-state index contributed by atoms with van der Waals surface area (Å²) in [5.74, 6) is 0. The number of rotatable bonds is 3. The molecule has 0 fully saturated rings. The summed E-state index contributed by atoms with van der Waals surface area (Å²) in [5.41, 5.74) is 3.61. The molecule has 1 aromatic heterocycles. The Hall–Kier alpha value is -1.24. The molecule has 0 N–H and O–H groups in total. The van der Waals surface area contributed by atoms with Crippen molar-refractivity contribution in [1.29, 1.82) is 0 Å². The molecule has 1 heterocycles. The molecule has 0 saturated heterocycles. The van der Waals surface area contributed by atoms with Gasteiger partial charge in [0.1, 0.15) is 0 Å². The zero-order chi connectivity index (χ0) is 9.84. The smallest absolute Gasteiger partial charge is 0.0476 e. The van der Waals surface area contributed by atoms with Crippen LogP contribution in [-0.2, 0) is 7.05 Å². The normalized spacial score (nSPS) is 11.0. The van der Waals surface area contributed by atoms with Gasteiger partial charge >= 0.3 is 0 Å². The van der Waals surface area contributed by atoms with E-state index in [9.17, 15) is 0 Å². The largest absolute Gasteiger partial charge is 0.351 e. The van der Waals surface area contributed by atoms with Gasteiger partial charge in [-0.1, -0.05) is 19.6 Å². The third-order valence-corrected chi connectivity index (χ3v) is 2.09. The molecule has 1 aromatic rings. The van der Waals surface area contributed by atoms with Gasteiger partial charge in [0.2, 0.25) is 0 Å². The van der Waals surface area contributed by atoms with E-state index in [2.05, 4.69) is 49.5 Å². The number of aryl methyl sites for hydroxylation is 1. The molecule has 0 spiro atoms. The van der Waals surface area contributed by atoms with Crippen molar-refractivity contribution in [3.8, 4) is 0 Å². The lowest BCUT2D eigenvalue weighted by molar-refractivity contribution is 0.912. The van der Waals surface area contributed by atoms with Crippen molar-refractivity contribution >= 4 is 11.6 Å². The lowest BCUT2D eigenvalue weighted by Gasteiger charge is -2.01. The fourth-order valence-electron chi connectivity index (χ4n) is 1.34. The first-order valence-electron chi connectivity index (χ1n) is 4.64. The molecule has 0 aliphatic rings. The predicted molar refractivity (Wildman–Crippen MR) is 59.4 cm³/mol. The molecule has 1 nitrogen and oxygen atoms in total. The van der Waals surface area contributed by atoms with E-state index in [1.807, 2.05) is 6.92 Å². The van der Waals surface area contributed by atoms with Crippen molar-refractivity contribution in [2.24, 2.45) is 7.05 Å². The first-order valence-corrected chi connectivity index (χ1v) is 4.64. The van der Waals surface area contributed by atoms with Crippen LogP contribution in [0, 0.1) is 0 Å². The van der Waals surface area contributed by atoms with Crippen molar-refractivity contribution in [3.63, 3.8) is 0 Å². The van der Waals surface area contributed by atoms with Crippen molar-refractivity contribution in [3.05, 3.63) is 36.2 Å². The number of hydrogen-bond acceptors (Lipinski definition) is 0. The van der Waals surface area contributed by atoms with E-state index in [-0.39, 0.29) is 0 Å². The molecule has 13 heavy (non-hydrogen) atoms. The number of aromatic nitrogens is 1. The summed E-state index contributed by atoms with van der Waals surface area (Å²) in [5, 5.41) is 0. The van der Waals surface area contributed by atoms with Crippen molar-refractivity contribution < 1.29 is 0 Å². The lowest BCUT2D eigenvalue weighted by atomic mass is 10.1. The lowest BCUT2D eigenvalue weighted by Crippen LogP contribution is -1.90. The Kier molecular flexibility index (Phi) is 3.13. The van der Waals surface area contributed by atoms with E-state index >= 15 is 0 Å². The number of allylic oxidation sites excluding steroid dienone is 2. The van der Waals surface area contributed by atoms with Crippen LogP contribution < -0.4 is 0 Å². The van der Waals surface area contributed by atoms with E-state index in [0.717, 1.165) is 12.0 Å². The van der Waals surface area contributed by atoms with Gasteiger partial charge in [0.15, 0.2) is 0 Å². The first-order chi connectivity index (χ1) is 6.16. The third kappa shape index (κ3) is 2.11. The van der Waals surface area contributed by atoms with E-state index in [0.29, 0.717) is 0 Å². The summed E-state index contributed by atoms with van der Waals surface area (Å²) >= 11 is 0. The molecule has 70 valence electrons. The van der Waals surface area contributed by atoms with Gasteiger partial charge in [0.05, 0.1) is 0 Å². The van der Waals surface area contributed by atoms with Crippen LogP contribution in [0.1, 0.15) is 31.5 Å². The molecular formula is C12H17N. The maximum atomic E-state index is 3.96. The predicted octanol–water partition coefficient (Wildman–Crippen LogP) is 3.48. The monoisotopic (exact) mass is 175 g/mol. The number of nitrogens with zero attached hydrogens (tertiary/aromatic N) is 1. The second-order valence-corrected chi connectivity index (χ2v) is 3.32. The van der Waals surface area contributed by atoms with Crippen LogP contribution in [0.15, 0.2) is 24.9 Å². The molecule has 0 amide bonds. The van der Waals surface area contributed by atoms with Crippen LogP contribution in [0.5, 0.6) is 0 Å². The second kappa shape index (κ2) is 4.13. The van der Waals surface area contributed by atoms with Crippen LogP contribution in [0.25, 0.3) is 11.6 Å². The van der Waals surface area contributed by atoms with Crippen LogP contribution in [0.3, 0.4) is 0 Å². The van der Waals surface area contributed by atoms with Crippen LogP contribution >= 0.6 is 0 Å². The summed E-state index contributed by atoms with van der Waals surface area (Å²) in [7, 11) is 2.06. The Morgan fingerprint density at radius 3 is 2.85 bits per heavy atom. The molecule has 0 unspecified atom stereocenters. The van der Waals surface area contributed by atoms with E-state index in [1.54, 1.807) is 0 Å². The van der Waals surface area contributed by atoms with Crippen molar-refractivity contribution in [1.82, 2.24) is 4.57 Å². The molecule has 0 aromatic carbocycles. The summed E-state index contributed by atoms with van der Waals surface area (Å²) in [6.45, 7) is 8.14. The molecule has 0 aliphatic heterocycles. The average molecular weight is 175 g/mol. The standard InChI is InChI=1S/C12H17N/c1-5-6-7-12-11(10(2)3)8-9-13(12)4/h6-9H,2,5H2,1,3-4H3/b7-6-. The van der Waals surface area contributed by atoms with Gasteiger partial charge < -0.3 is 4.57 Å².